The normalized spacial score (nSPS) is 19.8. The molecule has 0 amide bonds. The first-order valence-electron chi connectivity index (χ1n) is 6.89. The molecule has 0 unspecified atom stereocenters. The molecule has 0 saturated heterocycles. The molecule has 1 fully saturated rings. The molecule has 17 heavy (non-hydrogen) atoms. The van der Waals surface area contributed by atoms with Gasteiger partial charge in [0.15, 0.2) is 0 Å². The molecule has 2 aliphatic rings. The van der Waals surface area contributed by atoms with Gasteiger partial charge in [0.2, 0.25) is 0 Å². The fourth-order valence-corrected chi connectivity index (χ4v) is 2.90. The van der Waals surface area contributed by atoms with Crippen LogP contribution in [0, 0.1) is 5.92 Å². The van der Waals surface area contributed by atoms with Crippen molar-refractivity contribution in [2.75, 3.05) is 23.7 Å². The Balaban J connectivity index is 1.57. The summed E-state index contributed by atoms with van der Waals surface area (Å²) >= 11 is 0. The number of hydrogen-bond acceptors (Lipinski definition) is 3. The number of aromatic nitrogens is 1. The first-order chi connectivity index (χ1) is 8.42. The molecule has 3 nitrogen and oxygen atoms in total. The van der Waals surface area contributed by atoms with Crippen molar-refractivity contribution < 1.29 is 0 Å². The van der Waals surface area contributed by atoms with Gasteiger partial charge in [0.25, 0.3) is 0 Å². The van der Waals surface area contributed by atoms with Crippen LogP contribution in [0.4, 0.5) is 11.6 Å². The van der Waals surface area contributed by atoms with Gasteiger partial charge in [-0.05, 0) is 36.8 Å². The van der Waals surface area contributed by atoms with Crippen LogP contribution < -0.4 is 10.6 Å². The Morgan fingerprint density at radius 3 is 3.00 bits per heavy atom. The summed E-state index contributed by atoms with van der Waals surface area (Å²) in [5.41, 5.74) is 1.35. The van der Waals surface area contributed by atoms with Crippen LogP contribution in [0.3, 0.4) is 0 Å². The van der Waals surface area contributed by atoms with Gasteiger partial charge in [0.05, 0.1) is 0 Å². The number of nitrogens with zero attached hydrogens (tertiary/aromatic N) is 1. The predicted octanol–water partition coefficient (Wildman–Crippen LogP) is 3.04. The molecule has 1 aromatic rings. The molecule has 0 bridgehead atoms. The fraction of sp³-hybridized carbons (Fsp3) is 0.643. The second-order valence-corrected chi connectivity index (χ2v) is 5.27. The summed E-state index contributed by atoms with van der Waals surface area (Å²) in [5, 5.41) is 6.82. The number of hydrogen-bond donors (Lipinski definition) is 2. The van der Waals surface area contributed by atoms with Crippen molar-refractivity contribution in [1.82, 2.24) is 4.98 Å². The highest BCUT2D eigenvalue weighted by Gasteiger charge is 2.14. The zero-order valence-electron chi connectivity index (χ0n) is 10.3. The van der Waals surface area contributed by atoms with Crippen molar-refractivity contribution in [3.05, 3.63) is 17.7 Å². The molecule has 1 aromatic heterocycles. The molecule has 0 aromatic carbocycles. The lowest BCUT2D eigenvalue weighted by atomic mass is 9.89. The highest BCUT2D eigenvalue weighted by molar-refractivity contribution is 5.54. The van der Waals surface area contributed by atoms with Crippen molar-refractivity contribution in [3.8, 4) is 0 Å². The van der Waals surface area contributed by atoms with Gasteiger partial charge in [-0.3, -0.25) is 0 Å². The van der Waals surface area contributed by atoms with Crippen LogP contribution in [-0.4, -0.2) is 18.1 Å². The molecule has 3 heteroatoms. The number of nitrogens with one attached hydrogen (secondary N) is 2. The molecule has 1 aliphatic heterocycles. The minimum Gasteiger partial charge on any atom is -0.370 e. The summed E-state index contributed by atoms with van der Waals surface area (Å²) in [7, 11) is 0. The smallest absolute Gasteiger partial charge is 0.131 e. The number of fused-ring (bicyclic) bond motifs is 1. The van der Waals surface area contributed by atoms with Crippen LogP contribution in [0.1, 0.15) is 37.7 Å². The maximum absolute atomic E-state index is 4.62. The second-order valence-electron chi connectivity index (χ2n) is 5.27. The van der Waals surface area contributed by atoms with E-state index >= 15 is 0 Å². The van der Waals surface area contributed by atoms with E-state index in [4.69, 9.17) is 0 Å². The van der Waals surface area contributed by atoms with Crippen molar-refractivity contribution in [3.63, 3.8) is 0 Å². The Morgan fingerprint density at radius 1 is 1.24 bits per heavy atom. The molecule has 0 spiro atoms. The van der Waals surface area contributed by atoms with Gasteiger partial charge in [0.1, 0.15) is 11.6 Å². The Labute approximate surface area is 103 Å². The van der Waals surface area contributed by atoms with Crippen molar-refractivity contribution in [1.29, 1.82) is 0 Å². The SMILES string of the molecule is c1cc2c(nc1NCC1CCCCC1)NCC2. The summed E-state index contributed by atoms with van der Waals surface area (Å²) < 4.78 is 0. The highest BCUT2D eigenvalue weighted by Crippen LogP contribution is 2.25. The predicted molar refractivity (Wildman–Crippen MR) is 71.5 cm³/mol. The van der Waals surface area contributed by atoms with Crippen molar-refractivity contribution in [2.45, 2.75) is 38.5 Å². The molecule has 0 atom stereocenters. The lowest BCUT2D eigenvalue weighted by Gasteiger charge is -2.22. The fourth-order valence-electron chi connectivity index (χ4n) is 2.90. The van der Waals surface area contributed by atoms with Crippen LogP contribution in [-0.2, 0) is 6.42 Å². The Hall–Kier alpha value is -1.25. The van der Waals surface area contributed by atoms with Crippen LogP contribution in [0.15, 0.2) is 12.1 Å². The van der Waals surface area contributed by atoms with E-state index in [0.717, 1.165) is 37.1 Å². The second kappa shape index (κ2) is 4.94. The molecular weight excluding hydrogens is 210 g/mol. The van der Waals surface area contributed by atoms with Crippen LogP contribution >= 0.6 is 0 Å². The van der Waals surface area contributed by atoms with Crippen LogP contribution in [0.2, 0.25) is 0 Å². The van der Waals surface area contributed by atoms with Gasteiger partial charge in [-0.15, -0.1) is 0 Å². The summed E-state index contributed by atoms with van der Waals surface area (Å²) in [6.45, 7) is 2.13. The lowest BCUT2D eigenvalue weighted by Crippen LogP contribution is -2.17. The van der Waals surface area contributed by atoms with E-state index in [1.807, 2.05) is 0 Å². The molecule has 0 radical (unpaired) electrons. The molecule has 92 valence electrons. The summed E-state index contributed by atoms with van der Waals surface area (Å²) in [6, 6.07) is 4.32. The summed E-state index contributed by atoms with van der Waals surface area (Å²) in [4.78, 5) is 4.62. The molecule has 2 heterocycles. The summed E-state index contributed by atoms with van der Waals surface area (Å²) in [5.74, 6) is 2.97. The standard InChI is InChI=1S/C14H21N3/c1-2-4-11(5-3-1)10-16-13-7-6-12-8-9-15-14(12)17-13/h6-7,11H,1-5,8-10H2,(H2,15,16,17). The lowest BCUT2D eigenvalue weighted by molar-refractivity contribution is 0.373. The molecule has 1 saturated carbocycles. The minimum atomic E-state index is 0.853. The van der Waals surface area contributed by atoms with E-state index in [1.54, 1.807) is 0 Å². The van der Waals surface area contributed by atoms with E-state index in [-0.39, 0.29) is 0 Å². The topological polar surface area (TPSA) is 37.0 Å². The van der Waals surface area contributed by atoms with Gasteiger partial charge in [-0.2, -0.15) is 0 Å². The first-order valence-corrected chi connectivity index (χ1v) is 6.89. The molecule has 2 N–H and O–H groups in total. The van der Waals surface area contributed by atoms with Crippen LogP contribution in [0.25, 0.3) is 0 Å². The molecule has 1 aliphatic carbocycles. The summed E-state index contributed by atoms with van der Waals surface area (Å²) in [6.07, 6.45) is 8.13. The van der Waals surface area contributed by atoms with Crippen molar-refractivity contribution in [2.24, 2.45) is 5.92 Å². The van der Waals surface area contributed by atoms with Crippen molar-refractivity contribution >= 4 is 11.6 Å². The van der Waals surface area contributed by atoms with Crippen LogP contribution in [0.5, 0.6) is 0 Å². The maximum atomic E-state index is 4.62. The Bertz CT molecular complexity index is 383. The zero-order valence-corrected chi connectivity index (χ0v) is 10.3. The Kier molecular flexibility index (Phi) is 3.16. The quantitative estimate of drug-likeness (QED) is 0.839. The molecule has 3 rings (SSSR count). The largest absolute Gasteiger partial charge is 0.370 e. The zero-order chi connectivity index (χ0) is 11.5. The average Bonchev–Trinajstić information content (AvgIpc) is 2.85. The van der Waals surface area contributed by atoms with E-state index in [9.17, 15) is 0 Å². The van der Waals surface area contributed by atoms with E-state index in [2.05, 4.69) is 27.8 Å². The van der Waals surface area contributed by atoms with Gasteiger partial charge in [0, 0.05) is 13.1 Å². The first kappa shape index (κ1) is 10.9. The van der Waals surface area contributed by atoms with Gasteiger partial charge >= 0.3 is 0 Å². The monoisotopic (exact) mass is 231 g/mol. The number of pyridine rings is 1. The van der Waals surface area contributed by atoms with Gasteiger partial charge in [-0.25, -0.2) is 4.98 Å². The van der Waals surface area contributed by atoms with E-state index in [1.165, 1.54) is 37.7 Å². The third-order valence-electron chi connectivity index (χ3n) is 3.96. The van der Waals surface area contributed by atoms with Gasteiger partial charge < -0.3 is 10.6 Å². The number of anilines is 2. The van der Waals surface area contributed by atoms with Gasteiger partial charge in [-0.1, -0.05) is 25.3 Å². The average molecular weight is 231 g/mol. The molecular formula is C14H21N3. The van der Waals surface area contributed by atoms with E-state index in [0.29, 0.717) is 0 Å². The van der Waals surface area contributed by atoms with E-state index < -0.39 is 0 Å². The minimum absolute atomic E-state index is 0.853. The Morgan fingerprint density at radius 2 is 2.12 bits per heavy atom. The number of rotatable bonds is 3. The third kappa shape index (κ3) is 2.54. The highest BCUT2D eigenvalue weighted by atomic mass is 15.1. The maximum Gasteiger partial charge on any atom is 0.131 e. The third-order valence-corrected chi connectivity index (χ3v) is 3.96.